The Labute approximate surface area is 202 Å². The maximum atomic E-state index is 11.3. The molecule has 2 rings (SSSR count). The zero-order chi connectivity index (χ0) is 23.9. The Hall–Kier alpha value is -2.27. The lowest BCUT2D eigenvalue weighted by Gasteiger charge is -2.18. The van der Waals surface area contributed by atoms with Gasteiger partial charge in [0, 0.05) is 16.6 Å². The molecular formula is C28H38O4S. The first kappa shape index (κ1) is 27.0. The molecule has 0 fully saturated rings. The summed E-state index contributed by atoms with van der Waals surface area (Å²) in [6, 6.07) is 15.8. The summed E-state index contributed by atoms with van der Waals surface area (Å²) in [4.78, 5) is 23.1. The standard InChI is InChI=1S/C28H38O4S/c1-2-3-4-5-6-7-8-12-22-17-19-23(20-18-22)26(15-9-10-16-27(29)30)33-25-14-11-13-24(21-25)28(31)32/h11,13-14,17-21,26H,2-10,12,15-16H2,1H3,(H,29,30)(H,31,32). The van der Waals surface area contributed by atoms with E-state index in [1.165, 1.54) is 56.1 Å². The fraction of sp³-hybridized carbons (Fsp3) is 0.500. The molecule has 0 aliphatic rings. The van der Waals surface area contributed by atoms with Crippen LogP contribution in [-0.4, -0.2) is 22.2 Å². The van der Waals surface area contributed by atoms with Crippen LogP contribution in [-0.2, 0) is 11.2 Å². The van der Waals surface area contributed by atoms with E-state index in [1.54, 1.807) is 30.0 Å². The van der Waals surface area contributed by atoms with Crippen LogP contribution < -0.4 is 0 Å². The van der Waals surface area contributed by atoms with E-state index in [4.69, 9.17) is 5.11 Å². The van der Waals surface area contributed by atoms with E-state index in [0.717, 1.165) is 24.2 Å². The summed E-state index contributed by atoms with van der Waals surface area (Å²) in [5, 5.41) is 18.4. The molecule has 4 nitrogen and oxygen atoms in total. The highest BCUT2D eigenvalue weighted by molar-refractivity contribution is 7.99. The Morgan fingerprint density at radius 3 is 2.21 bits per heavy atom. The molecule has 0 aromatic heterocycles. The van der Waals surface area contributed by atoms with Crippen molar-refractivity contribution in [1.82, 2.24) is 0 Å². The monoisotopic (exact) mass is 470 g/mol. The van der Waals surface area contributed by atoms with Gasteiger partial charge in [-0.15, -0.1) is 11.8 Å². The van der Waals surface area contributed by atoms with Gasteiger partial charge in [-0.25, -0.2) is 4.79 Å². The lowest BCUT2D eigenvalue weighted by molar-refractivity contribution is -0.137. The van der Waals surface area contributed by atoms with E-state index in [1.807, 2.05) is 6.07 Å². The van der Waals surface area contributed by atoms with E-state index in [2.05, 4.69) is 31.2 Å². The zero-order valence-corrected chi connectivity index (χ0v) is 20.6. The van der Waals surface area contributed by atoms with Crippen molar-refractivity contribution in [3.63, 3.8) is 0 Å². The van der Waals surface area contributed by atoms with E-state index in [0.29, 0.717) is 6.42 Å². The Balaban J connectivity index is 1.96. The third-order valence-electron chi connectivity index (χ3n) is 5.89. The van der Waals surface area contributed by atoms with Crippen LogP contribution in [0.3, 0.4) is 0 Å². The van der Waals surface area contributed by atoms with Gasteiger partial charge in [0.15, 0.2) is 0 Å². The molecule has 5 heteroatoms. The molecule has 2 N–H and O–H groups in total. The number of rotatable bonds is 17. The average Bonchev–Trinajstić information content (AvgIpc) is 2.81. The van der Waals surface area contributed by atoms with E-state index in [-0.39, 0.29) is 17.2 Å². The fourth-order valence-corrected chi connectivity index (χ4v) is 5.21. The Bertz CT molecular complexity index is 847. The molecule has 1 atom stereocenters. The van der Waals surface area contributed by atoms with Gasteiger partial charge in [0.2, 0.25) is 0 Å². The van der Waals surface area contributed by atoms with Crippen LogP contribution in [0.2, 0.25) is 0 Å². The largest absolute Gasteiger partial charge is 0.481 e. The van der Waals surface area contributed by atoms with E-state index in [9.17, 15) is 14.7 Å². The first-order chi connectivity index (χ1) is 16.0. The summed E-state index contributed by atoms with van der Waals surface area (Å²) in [5.41, 5.74) is 2.85. The van der Waals surface area contributed by atoms with Gasteiger partial charge in [0.1, 0.15) is 0 Å². The summed E-state index contributed by atoms with van der Waals surface area (Å²) in [6.07, 6.45) is 12.8. The molecule has 180 valence electrons. The highest BCUT2D eigenvalue weighted by Gasteiger charge is 2.15. The SMILES string of the molecule is CCCCCCCCCc1ccc(C(CCCCC(=O)O)Sc2cccc(C(=O)O)c2)cc1. The van der Waals surface area contributed by atoms with Crippen molar-refractivity contribution in [2.75, 3.05) is 0 Å². The second-order valence-corrected chi connectivity index (χ2v) is 9.97. The molecule has 0 radical (unpaired) electrons. The summed E-state index contributed by atoms with van der Waals surface area (Å²) < 4.78 is 0. The summed E-state index contributed by atoms with van der Waals surface area (Å²) in [5.74, 6) is -1.69. The lowest BCUT2D eigenvalue weighted by atomic mass is 10.0. The molecule has 2 aromatic rings. The van der Waals surface area contributed by atoms with Crippen molar-refractivity contribution in [3.05, 3.63) is 65.2 Å². The highest BCUT2D eigenvalue weighted by atomic mass is 32.2. The van der Waals surface area contributed by atoms with Crippen molar-refractivity contribution in [2.24, 2.45) is 0 Å². The van der Waals surface area contributed by atoms with E-state index >= 15 is 0 Å². The maximum absolute atomic E-state index is 11.3. The molecule has 0 spiro atoms. The quantitative estimate of drug-likeness (QED) is 0.180. The van der Waals surface area contributed by atoms with Crippen LogP contribution in [0.25, 0.3) is 0 Å². The van der Waals surface area contributed by atoms with Gasteiger partial charge < -0.3 is 10.2 Å². The van der Waals surface area contributed by atoms with Gasteiger partial charge in [0.05, 0.1) is 5.56 Å². The van der Waals surface area contributed by atoms with Crippen LogP contribution in [0.15, 0.2) is 53.4 Å². The summed E-state index contributed by atoms with van der Waals surface area (Å²) >= 11 is 1.66. The first-order valence-corrected chi connectivity index (χ1v) is 13.2. The lowest BCUT2D eigenvalue weighted by Crippen LogP contribution is -1.99. The maximum Gasteiger partial charge on any atom is 0.335 e. The summed E-state index contributed by atoms with van der Waals surface area (Å²) in [7, 11) is 0. The highest BCUT2D eigenvalue weighted by Crippen LogP contribution is 2.39. The minimum absolute atomic E-state index is 0.162. The van der Waals surface area contributed by atoms with Crippen LogP contribution in [0.1, 0.15) is 104 Å². The van der Waals surface area contributed by atoms with Crippen molar-refractivity contribution in [2.45, 2.75) is 94.1 Å². The molecule has 1 unspecified atom stereocenters. The average molecular weight is 471 g/mol. The van der Waals surface area contributed by atoms with Crippen molar-refractivity contribution in [1.29, 1.82) is 0 Å². The zero-order valence-electron chi connectivity index (χ0n) is 19.8. The Kier molecular flexibility index (Phi) is 12.7. The van der Waals surface area contributed by atoms with Gasteiger partial charge in [-0.1, -0.05) is 82.2 Å². The van der Waals surface area contributed by atoms with Crippen molar-refractivity contribution in [3.8, 4) is 0 Å². The number of hydrogen-bond donors (Lipinski definition) is 2. The molecule has 0 bridgehead atoms. The normalized spacial score (nSPS) is 11.9. The number of aryl methyl sites for hydroxylation is 1. The number of aliphatic carboxylic acids is 1. The molecule has 0 aliphatic carbocycles. The molecular weight excluding hydrogens is 432 g/mol. The molecule has 0 saturated carbocycles. The van der Waals surface area contributed by atoms with Crippen molar-refractivity contribution >= 4 is 23.7 Å². The molecule has 0 saturated heterocycles. The van der Waals surface area contributed by atoms with Crippen LogP contribution in [0.4, 0.5) is 0 Å². The summed E-state index contributed by atoms with van der Waals surface area (Å²) in [6.45, 7) is 2.25. The van der Waals surface area contributed by atoms with Crippen LogP contribution in [0.5, 0.6) is 0 Å². The predicted molar refractivity (Wildman–Crippen MR) is 136 cm³/mol. The number of carboxylic acids is 2. The number of hydrogen-bond acceptors (Lipinski definition) is 3. The third kappa shape index (κ3) is 10.9. The molecule has 0 amide bonds. The molecule has 0 aliphatic heterocycles. The number of aromatic carboxylic acids is 1. The fourth-order valence-electron chi connectivity index (χ4n) is 3.95. The second-order valence-electron chi connectivity index (χ2n) is 8.69. The van der Waals surface area contributed by atoms with Crippen molar-refractivity contribution < 1.29 is 19.8 Å². The minimum atomic E-state index is -0.926. The topological polar surface area (TPSA) is 74.6 Å². The van der Waals surface area contributed by atoms with Crippen LogP contribution in [0, 0.1) is 0 Å². The smallest absolute Gasteiger partial charge is 0.335 e. The van der Waals surface area contributed by atoms with Gasteiger partial charge >= 0.3 is 11.9 Å². The number of carbonyl (C=O) groups is 2. The number of thioether (sulfide) groups is 1. The molecule has 2 aromatic carbocycles. The second kappa shape index (κ2) is 15.5. The predicted octanol–water partition coefficient (Wildman–Crippen LogP) is 8.16. The number of unbranched alkanes of at least 4 members (excludes halogenated alkanes) is 7. The van der Waals surface area contributed by atoms with Gasteiger partial charge in [-0.05, 0) is 55.0 Å². The Morgan fingerprint density at radius 1 is 0.848 bits per heavy atom. The minimum Gasteiger partial charge on any atom is -0.481 e. The first-order valence-electron chi connectivity index (χ1n) is 12.3. The molecule has 0 heterocycles. The Morgan fingerprint density at radius 2 is 1.55 bits per heavy atom. The third-order valence-corrected chi connectivity index (χ3v) is 7.21. The molecule has 33 heavy (non-hydrogen) atoms. The van der Waals surface area contributed by atoms with Crippen LogP contribution >= 0.6 is 11.8 Å². The number of benzene rings is 2. The van der Waals surface area contributed by atoms with Gasteiger partial charge in [0.25, 0.3) is 0 Å². The van der Waals surface area contributed by atoms with Gasteiger partial charge in [-0.3, -0.25) is 4.79 Å². The van der Waals surface area contributed by atoms with Gasteiger partial charge in [-0.2, -0.15) is 0 Å². The van der Waals surface area contributed by atoms with E-state index < -0.39 is 11.9 Å². The number of carboxylic acid groups (broad SMARTS) is 2.